The third-order valence-electron chi connectivity index (χ3n) is 3.37. The van der Waals surface area contributed by atoms with E-state index in [1.807, 2.05) is 0 Å². The normalized spacial score (nSPS) is 23.0. The van der Waals surface area contributed by atoms with Crippen LogP contribution in [0.2, 0.25) is 0 Å². The van der Waals surface area contributed by atoms with Crippen molar-refractivity contribution in [1.82, 2.24) is 0 Å². The van der Waals surface area contributed by atoms with Gasteiger partial charge in [-0.1, -0.05) is 17.7 Å². The van der Waals surface area contributed by atoms with Crippen molar-refractivity contribution in [2.75, 3.05) is 6.61 Å². The summed E-state index contributed by atoms with van der Waals surface area (Å²) in [4.78, 5) is -0.220. The Kier molecular flexibility index (Phi) is 4.84. The zero-order valence-electron chi connectivity index (χ0n) is 13.0. The first-order chi connectivity index (χ1) is 10.4. The lowest BCUT2D eigenvalue weighted by Crippen LogP contribution is -2.55. The zero-order chi connectivity index (χ0) is 17.5. The molecule has 2 rings (SSSR count). The lowest BCUT2D eigenvalue weighted by Gasteiger charge is -2.31. The van der Waals surface area contributed by atoms with Gasteiger partial charge in [-0.15, -0.1) is 0 Å². The molecule has 0 aliphatic carbocycles. The molecule has 0 amide bonds. The van der Waals surface area contributed by atoms with E-state index in [1.54, 1.807) is 32.9 Å². The average molecular weight is 348 g/mol. The standard InChI is InChI=1S/C14H20O8S/c1-9-4-6-10(7-5-9)23(18,19)22-12(15)14(16,17)11-8-20-13(2,3)21-11/h4-7,11-12,15-17H,8H2,1-3H3/t11-,12-/m0/s1. The van der Waals surface area contributed by atoms with E-state index in [0.717, 1.165) is 5.56 Å². The molecule has 0 radical (unpaired) electrons. The number of rotatable bonds is 5. The quantitative estimate of drug-likeness (QED) is 0.496. The van der Waals surface area contributed by atoms with Crippen LogP contribution >= 0.6 is 0 Å². The minimum atomic E-state index is -4.38. The molecule has 23 heavy (non-hydrogen) atoms. The summed E-state index contributed by atoms with van der Waals surface area (Å²) in [6.07, 6.45) is -3.82. The molecular weight excluding hydrogens is 328 g/mol. The second-order valence-electron chi connectivity index (χ2n) is 5.82. The van der Waals surface area contributed by atoms with Crippen molar-refractivity contribution in [3.8, 4) is 0 Å². The van der Waals surface area contributed by atoms with Crippen molar-refractivity contribution in [3.63, 3.8) is 0 Å². The van der Waals surface area contributed by atoms with Gasteiger partial charge in [-0.2, -0.15) is 8.42 Å². The Morgan fingerprint density at radius 1 is 1.30 bits per heavy atom. The van der Waals surface area contributed by atoms with Gasteiger partial charge in [-0.25, -0.2) is 4.18 Å². The summed E-state index contributed by atoms with van der Waals surface area (Å²) in [5.41, 5.74) is 0.835. The molecule has 2 atom stereocenters. The summed E-state index contributed by atoms with van der Waals surface area (Å²) >= 11 is 0. The summed E-state index contributed by atoms with van der Waals surface area (Å²) in [6.45, 7) is 4.61. The van der Waals surface area contributed by atoms with E-state index in [1.165, 1.54) is 12.1 Å². The van der Waals surface area contributed by atoms with Crippen molar-refractivity contribution < 1.29 is 37.4 Å². The maximum Gasteiger partial charge on any atom is 0.299 e. The molecule has 0 aromatic heterocycles. The first-order valence-corrected chi connectivity index (χ1v) is 8.29. The highest BCUT2D eigenvalue weighted by atomic mass is 32.2. The second kappa shape index (κ2) is 6.10. The molecular formula is C14H20O8S. The fourth-order valence-electron chi connectivity index (χ4n) is 2.01. The van der Waals surface area contributed by atoms with Crippen LogP contribution in [0.5, 0.6) is 0 Å². The Morgan fingerprint density at radius 2 is 1.87 bits per heavy atom. The van der Waals surface area contributed by atoms with E-state index in [-0.39, 0.29) is 11.5 Å². The van der Waals surface area contributed by atoms with Crippen molar-refractivity contribution >= 4 is 10.1 Å². The van der Waals surface area contributed by atoms with Gasteiger partial charge in [-0.05, 0) is 32.9 Å². The van der Waals surface area contributed by atoms with Gasteiger partial charge in [0.15, 0.2) is 5.79 Å². The largest absolute Gasteiger partial charge is 0.363 e. The monoisotopic (exact) mass is 348 g/mol. The van der Waals surface area contributed by atoms with E-state index in [9.17, 15) is 23.7 Å². The van der Waals surface area contributed by atoms with Crippen molar-refractivity contribution in [2.24, 2.45) is 0 Å². The third kappa shape index (κ3) is 4.07. The fourth-order valence-corrected chi connectivity index (χ4v) is 2.97. The van der Waals surface area contributed by atoms with Crippen LogP contribution in [-0.4, -0.2) is 54.3 Å². The number of aryl methyl sites for hydroxylation is 1. The van der Waals surface area contributed by atoms with Gasteiger partial charge >= 0.3 is 0 Å². The number of ether oxygens (including phenoxy) is 2. The maximum absolute atomic E-state index is 12.1. The molecule has 9 heteroatoms. The maximum atomic E-state index is 12.1. The fraction of sp³-hybridized carbons (Fsp3) is 0.571. The van der Waals surface area contributed by atoms with Gasteiger partial charge in [0.05, 0.1) is 11.5 Å². The highest BCUT2D eigenvalue weighted by molar-refractivity contribution is 7.86. The van der Waals surface area contributed by atoms with Gasteiger partial charge in [0, 0.05) is 0 Å². The smallest absolute Gasteiger partial charge is 0.299 e. The number of aliphatic hydroxyl groups is 3. The molecule has 1 fully saturated rings. The Morgan fingerprint density at radius 3 is 2.35 bits per heavy atom. The predicted molar refractivity (Wildman–Crippen MR) is 77.5 cm³/mol. The summed E-state index contributed by atoms with van der Waals surface area (Å²) in [7, 11) is -4.38. The van der Waals surface area contributed by atoms with E-state index < -0.39 is 34.1 Å². The molecule has 1 aromatic rings. The number of hydrogen-bond donors (Lipinski definition) is 3. The minimum absolute atomic E-state index is 0.220. The van der Waals surface area contributed by atoms with E-state index in [4.69, 9.17) is 9.47 Å². The minimum Gasteiger partial charge on any atom is -0.363 e. The third-order valence-corrected chi connectivity index (χ3v) is 4.66. The number of benzene rings is 1. The van der Waals surface area contributed by atoms with Crippen molar-refractivity contribution in [2.45, 2.75) is 49.6 Å². The molecule has 0 saturated carbocycles. The van der Waals surface area contributed by atoms with Crippen LogP contribution in [0.4, 0.5) is 0 Å². The van der Waals surface area contributed by atoms with Crippen LogP contribution in [0.1, 0.15) is 19.4 Å². The van der Waals surface area contributed by atoms with Gasteiger partial charge < -0.3 is 24.8 Å². The Hall–Kier alpha value is -1.07. The highest BCUT2D eigenvalue weighted by Crippen LogP contribution is 2.31. The zero-order valence-corrected chi connectivity index (χ0v) is 13.8. The van der Waals surface area contributed by atoms with Crippen LogP contribution in [-0.2, 0) is 23.8 Å². The van der Waals surface area contributed by atoms with Crippen molar-refractivity contribution in [1.29, 1.82) is 0 Å². The second-order valence-corrected chi connectivity index (χ2v) is 7.39. The molecule has 130 valence electrons. The SMILES string of the molecule is Cc1ccc(S(=O)(=O)O[C@H](O)C(O)(O)[C@@H]2COC(C)(C)O2)cc1. The molecule has 1 aliphatic heterocycles. The molecule has 1 heterocycles. The molecule has 8 nitrogen and oxygen atoms in total. The Balaban J connectivity index is 2.13. The predicted octanol–water partition coefficient (Wildman–Crippen LogP) is -0.149. The summed E-state index contributed by atoms with van der Waals surface area (Å²) in [5, 5.41) is 29.8. The molecule has 3 N–H and O–H groups in total. The van der Waals surface area contributed by atoms with Crippen LogP contribution in [0.15, 0.2) is 29.2 Å². The molecule has 1 saturated heterocycles. The van der Waals surface area contributed by atoms with Gasteiger partial charge in [-0.3, -0.25) is 0 Å². The molecule has 0 spiro atoms. The average Bonchev–Trinajstić information content (AvgIpc) is 2.79. The summed E-state index contributed by atoms with van der Waals surface area (Å²) < 4.78 is 39.0. The van der Waals surface area contributed by atoms with E-state index in [0.29, 0.717) is 0 Å². The first-order valence-electron chi connectivity index (χ1n) is 6.88. The Bertz CT molecular complexity index is 650. The molecule has 0 unspecified atom stereocenters. The van der Waals surface area contributed by atoms with Gasteiger partial charge in [0.1, 0.15) is 6.10 Å². The Labute approximate surface area is 134 Å². The number of hydrogen-bond acceptors (Lipinski definition) is 8. The highest BCUT2D eigenvalue weighted by Gasteiger charge is 2.51. The lowest BCUT2D eigenvalue weighted by molar-refractivity contribution is -0.323. The summed E-state index contributed by atoms with van der Waals surface area (Å²) in [5.74, 6) is -4.05. The van der Waals surface area contributed by atoms with Gasteiger partial charge in [0.2, 0.25) is 12.1 Å². The molecule has 1 aromatic carbocycles. The van der Waals surface area contributed by atoms with Crippen LogP contribution < -0.4 is 0 Å². The lowest BCUT2D eigenvalue weighted by atomic mass is 10.1. The van der Waals surface area contributed by atoms with Crippen LogP contribution in [0.25, 0.3) is 0 Å². The molecule has 0 bridgehead atoms. The van der Waals surface area contributed by atoms with Crippen LogP contribution in [0, 0.1) is 6.92 Å². The topological polar surface area (TPSA) is 123 Å². The molecule has 1 aliphatic rings. The van der Waals surface area contributed by atoms with Crippen molar-refractivity contribution in [3.05, 3.63) is 29.8 Å². The summed E-state index contributed by atoms with van der Waals surface area (Å²) in [6, 6.07) is 5.66. The van der Waals surface area contributed by atoms with Crippen LogP contribution in [0.3, 0.4) is 0 Å². The first kappa shape index (κ1) is 18.3. The number of aliphatic hydroxyl groups excluding tert-OH is 1. The van der Waals surface area contributed by atoms with Gasteiger partial charge in [0.25, 0.3) is 10.1 Å². The van der Waals surface area contributed by atoms with E-state index in [2.05, 4.69) is 4.18 Å². The van der Waals surface area contributed by atoms with E-state index >= 15 is 0 Å².